The third kappa shape index (κ3) is 9.70. The van der Waals surface area contributed by atoms with Gasteiger partial charge in [-0.05, 0) is 24.6 Å². The Morgan fingerprint density at radius 3 is 2.48 bits per heavy atom. The number of carbonyl (C=O) groups excluding carboxylic acids is 2. The Morgan fingerprint density at radius 1 is 1.15 bits per heavy atom. The van der Waals surface area contributed by atoms with Crippen LogP contribution >= 0.6 is 11.8 Å². The van der Waals surface area contributed by atoms with Gasteiger partial charge in [0, 0.05) is 24.1 Å². The molecule has 0 saturated heterocycles. The number of benzene rings is 1. The second kappa shape index (κ2) is 11.9. The Bertz CT molecular complexity index is 609. The fourth-order valence-electron chi connectivity index (χ4n) is 2.43. The number of alkyl halides is 3. The number of thioether (sulfide) groups is 1. The lowest BCUT2D eigenvalue weighted by Gasteiger charge is -2.17. The molecule has 0 spiro atoms. The summed E-state index contributed by atoms with van der Waals surface area (Å²) in [5.41, 5.74) is -0.736. The van der Waals surface area contributed by atoms with Crippen LogP contribution in [0.2, 0.25) is 0 Å². The van der Waals surface area contributed by atoms with Gasteiger partial charge >= 0.3 is 6.18 Å². The van der Waals surface area contributed by atoms with Crippen LogP contribution < -0.4 is 10.6 Å². The van der Waals surface area contributed by atoms with Gasteiger partial charge in [-0.15, -0.1) is 11.8 Å². The maximum atomic E-state index is 12.8. The number of hydrogen-bond acceptors (Lipinski definition) is 3. The van der Waals surface area contributed by atoms with Crippen molar-refractivity contribution in [3.63, 3.8) is 0 Å². The van der Waals surface area contributed by atoms with Crippen molar-refractivity contribution < 1.29 is 22.8 Å². The van der Waals surface area contributed by atoms with Gasteiger partial charge in [-0.3, -0.25) is 9.59 Å². The van der Waals surface area contributed by atoms with Gasteiger partial charge in [0.1, 0.15) is 6.04 Å². The second-order valence-corrected chi connectivity index (χ2v) is 7.39. The summed E-state index contributed by atoms with van der Waals surface area (Å²) in [4.78, 5) is 24.0. The third-order valence-corrected chi connectivity index (χ3v) is 4.94. The summed E-state index contributed by atoms with van der Waals surface area (Å²) in [5, 5.41) is 5.35. The van der Waals surface area contributed by atoms with E-state index in [-0.39, 0.29) is 17.6 Å². The highest BCUT2D eigenvalue weighted by Crippen LogP contribution is 2.32. The summed E-state index contributed by atoms with van der Waals surface area (Å²) in [6, 6.07) is 4.13. The first kappa shape index (κ1) is 23.3. The minimum atomic E-state index is -4.41. The summed E-state index contributed by atoms with van der Waals surface area (Å²) in [5.74, 6) is -0.523. The first-order valence-electron chi connectivity index (χ1n) is 9.09. The Kier molecular flexibility index (Phi) is 10.3. The maximum Gasteiger partial charge on any atom is 0.416 e. The quantitative estimate of drug-likeness (QED) is 0.425. The summed E-state index contributed by atoms with van der Waals surface area (Å²) in [7, 11) is 0. The van der Waals surface area contributed by atoms with Gasteiger partial charge in [0.05, 0.1) is 5.56 Å². The van der Waals surface area contributed by atoms with Crippen molar-refractivity contribution in [2.24, 2.45) is 0 Å². The van der Waals surface area contributed by atoms with Crippen LogP contribution in [-0.4, -0.2) is 30.2 Å². The molecular formula is C19H27F3N2O2S. The zero-order valence-electron chi connectivity index (χ0n) is 15.7. The van der Waals surface area contributed by atoms with Gasteiger partial charge in [-0.1, -0.05) is 38.7 Å². The molecule has 2 amide bonds. The van der Waals surface area contributed by atoms with Crippen molar-refractivity contribution in [1.29, 1.82) is 0 Å². The number of amides is 2. The normalized spacial score (nSPS) is 12.5. The molecule has 0 saturated carbocycles. The molecule has 152 valence electrons. The molecule has 1 rings (SSSR count). The predicted octanol–water partition coefficient (Wildman–Crippen LogP) is 4.39. The van der Waals surface area contributed by atoms with Gasteiger partial charge in [0.2, 0.25) is 11.8 Å². The molecule has 1 unspecified atom stereocenters. The second-order valence-electron chi connectivity index (χ2n) is 6.29. The molecule has 4 nitrogen and oxygen atoms in total. The minimum absolute atomic E-state index is 0.155. The maximum absolute atomic E-state index is 12.8. The van der Waals surface area contributed by atoms with Crippen LogP contribution in [0.4, 0.5) is 13.2 Å². The van der Waals surface area contributed by atoms with Gasteiger partial charge < -0.3 is 10.6 Å². The van der Waals surface area contributed by atoms with Crippen molar-refractivity contribution in [3.05, 3.63) is 29.8 Å². The average Bonchev–Trinajstić information content (AvgIpc) is 2.60. The highest BCUT2D eigenvalue weighted by atomic mass is 32.2. The van der Waals surface area contributed by atoms with Gasteiger partial charge in [-0.2, -0.15) is 13.2 Å². The van der Waals surface area contributed by atoms with E-state index in [1.54, 1.807) is 6.07 Å². The predicted molar refractivity (Wildman–Crippen MR) is 102 cm³/mol. The van der Waals surface area contributed by atoms with Crippen LogP contribution in [0, 0.1) is 0 Å². The first-order valence-corrected chi connectivity index (χ1v) is 10.1. The topological polar surface area (TPSA) is 58.2 Å². The lowest BCUT2D eigenvalue weighted by atomic mass is 10.1. The van der Waals surface area contributed by atoms with Crippen LogP contribution in [0.5, 0.6) is 0 Å². The molecule has 1 aromatic rings. The molecule has 0 aliphatic carbocycles. The number of hydrogen-bond donors (Lipinski definition) is 2. The Hall–Kier alpha value is -1.70. The van der Waals surface area contributed by atoms with Crippen molar-refractivity contribution in [3.8, 4) is 0 Å². The molecule has 0 fully saturated rings. The van der Waals surface area contributed by atoms with Gasteiger partial charge in [0.15, 0.2) is 0 Å². The zero-order chi connectivity index (χ0) is 20.3. The number of halogens is 3. The monoisotopic (exact) mass is 404 g/mol. The number of unbranched alkanes of at least 4 members (excludes halogenated alkanes) is 4. The van der Waals surface area contributed by atoms with Crippen LogP contribution in [0.3, 0.4) is 0 Å². The molecule has 0 aliphatic heterocycles. The number of carbonyl (C=O) groups is 2. The molecule has 0 radical (unpaired) electrons. The molecule has 27 heavy (non-hydrogen) atoms. The fourth-order valence-corrected chi connectivity index (χ4v) is 3.41. The molecule has 2 N–H and O–H groups in total. The Balaban J connectivity index is 2.57. The summed E-state index contributed by atoms with van der Waals surface area (Å²) in [6.45, 7) is 3.95. The van der Waals surface area contributed by atoms with E-state index >= 15 is 0 Å². The van der Waals surface area contributed by atoms with Crippen LogP contribution in [0.1, 0.15) is 51.5 Å². The van der Waals surface area contributed by atoms with Crippen LogP contribution in [0.25, 0.3) is 0 Å². The largest absolute Gasteiger partial charge is 0.416 e. The molecule has 0 bridgehead atoms. The van der Waals surface area contributed by atoms with E-state index in [2.05, 4.69) is 17.6 Å². The van der Waals surface area contributed by atoms with E-state index in [1.165, 1.54) is 13.0 Å². The lowest BCUT2D eigenvalue weighted by Crippen LogP contribution is -2.47. The smallest absolute Gasteiger partial charge is 0.354 e. The molecule has 8 heteroatoms. The van der Waals surface area contributed by atoms with E-state index in [0.717, 1.165) is 56.0 Å². The van der Waals surface area contributed by atoms with E-state index < -0.39 is 17.8 Å². The Morgan fingerprint density at radius 2 is 1.85 bits per heavy atom. The number of rotatable bonds is 11. The van der Waals surface area contributed by atoms with Crippen LogP contribution in [0.15, 0.2) is 29.2 Å². The summed E-state index contributed by atoms with van der Waals surface area (Å²) < 4.78 is 38.4. The highest BCUT2D eigenvalue weighted by Gasteiger charge is 2.30. The van der Waals surface area contributed by atoms with E-state index in [4.69, 9.17) is 0 Å². The van der Waals surface area contributed by atoms with E-state index in [1.807, 2.05) is 0 Å². The molecule has 1 atom stereocenters. The number of nitrogens with one attached hydrogen (secondary N) is 2. The Labute approximate surface area is 162 Å². The summed E-state index contributed by atoms with van der Waals surface area (Å²) >= 11 is 1.10. The molecular weight excluding hydrogens is 377 g/mol. The molecule has 0 aliphatic rings. The van der Waals surface area contributed by atoms with E-state index in [9.17, 15) is 22.8 Å². The first-order chi connectivity index (χ1) is 12.7. The highest BCUT2D eigenvalue weighted by molar-refractivity contribution is 7.99. The van der Waals surface area contributed by atoms with Gasteiger partial charge in [-0.25, -0.2) is 0 Å². The molecule has 1 aromatic carbocycles. The van der Waals surface area contributed by atoms with E-state index in [0.29, 0.717) is 11.4 Å². The fraction of sp³-hybridized carbons (Fsp3) is 0.579. The standard InChI is InChI=1S/C19H27F3N2O2S/c1-3-4-5-6-7-11-23-18(26)17(24-14(2)25)13-27-16-10-8-9-15(12-16)19(20,21)22/h8-10,12,17H,3-7,11,13H2,1-2H3,(H,23,26)(H,24,25). The SMILES string of the molecule is CCCCCCCNC(=O)C(CSc1cccc(C(F)(F)F)c1)NC(C)=O. The van der Waals surface area contributed by atoms with Crippen molar-refractivity contribution >= 4 is 23.6 Å². The molecule has 0 heterocycles. The average molecular weight is 404 g/mol. The third-order valence-electron chi connectivity index (χ3n) is 3.85. The van der Waals surface area contributed by atoms with Crippen molar-refractivity contribution in [2.45, 2.75) is 63.1 Å². The lowest BCUT2D eigenvalue weighted by molar-refractivity contribution is -0.137. The zero-order valence-corrected chi connectivity index (χ0v) is 16.5. The van der Waals surface area contributed by atoms with Crippen molar-refractivity contribution in [1.82, 2.24) is 10.6 Å². The van der Waals surface area contributed by atoms with Gasteiger partial charge in [0.25, 0.3) is 0 Å². The summed E-state index contributed by atoms with van der Waals surface area (Å²) in [6.07, 6.45) is 0.896. The molecule has 0 aromatic heterocycles. The van der Waals surface area contributed by atoms with Crippen LogP contribution in [-0.2, 0) is 15.8 Å². The minimum Gasteiger partial charge on any atom is -0.354 e. The van der Waals surface area contributed by atoms with Crippen molar-refractivity contribution in [2.75, 3.05) is 12.3 Å².